The standard InChI is InChI=1S/C34H33F3N6O2/c1-2-24-27(36)8-5-19-11-23(44)12-25(28(19)24)30-29(37)31-26(14-38-30)32(42-16-21-6-7-22(17-42)39-21)41-33(40-31)45-18-34-9-3-4-10-43(34)15-20(35)13-34/h1,5,8,11-12,14,20-22,39,44H,3-4,6-7,9-10,13,15-18H2/t20-,21-,22+,34+/m1/s1. The minimum atomic E-state index is -0.919. The highest BCUT2D eigenvalue weighted by molar-refractivity contribution is 6.03. The van der Waals surface area contributed by atoms with Gasteiger partial charge in [-0.25, -0.2) is 13.2 Å². The van der Waals surface area contributed by atoms with Crippen LogP contribution < -0.4 is 15.0 Å². The highest BCUT2D eigenvalue weighted by Crippen LogP contribution is 2.41. The number of fused-ring (bicyclic) bond motifs is 5. The number of hydrogen-bond donors (Lipinski definition) is 2. The number of aromatic nitrogens is 3. The fourth-order valence-electron chi connectivity index (χ4n) is 8.04. The Morgan fingerprint density at radius 2 is 1.93 bits per heavy atom. The Kier molecular flexibility index (Phi) is 6.76. The van der Waals surface area contributed by atoms with Crippen LogP contribution in [0.2, 0.25) is 0 Å². The zero-order chi connectivity index (χ0) is 30.9. The molecule has 232 valence electrons. The maximum absolute atomic E-state index is 16.8. The van der Waals surface area contributed by atoms with Crippen molar-refractivity contribution in [3.8, 4) is 35.4 Å². The monoisotopic (exact) mass is 614 g/mol. The topological polar surface area (TPSA) is 86.6 Å². The first-order chi connectivity index (χ1) is 21.8. The van der Waals surface area contributed by atoms with Gasteiger partial charge in [0.05, 0.1) is 16.5 Å². The van der Waals surface area contributed by atoms with Gasteiger partial charge in [0, 0.05) is 55.3 Å². The van der Waals surface area contributed by atoms with Crippen molar-refractivity contribution in [2.45, 2.75) is 62.3 Å². The summed E-state index contributed by atoms with van der Waals surface area (Å²) in [4.78, 5) is 18.2. The van der Waals surface area contributed by atoms with Gasteiger partial charge in [-0.3, -0.25) is 9.88 Å². The number of rotatable bonds is 5. The number of hydrogen-bond acceptors (Lipinski definition) is 8. The molecule has 4 fully saturated rings. The van der Waals surface area contributed by atoms with Crippen LogP contribution in [0.3, 0.4) is 0 Å². The number of ether oxygens (including phenoxy) is 1. The number of nitrogens with one attached hydrogen (secondary N) is 1. The Morgan fingerprint density at radius 1 is 1.11 bits per heavy atom. The Hall–Kier alpha value is -4.14. The molecule has 45 heavy (non-hydrogen) atoms. The van der Waals surface area contributed by atoms with E-state index in [-0.39, 0.29) is 46.1 Å². The second kappa shape index (κ2) is 10.7. The van der Waals surface area contributed by atoms with Crippen molar-refractivity contribution in [2.24, 2.45) is 0 Å². The van der Waals surface area contributed by atoms with Gasteiger partial charge in [0.1, 0.15) is 41.4 Å². The fourth-order valence-corrected chi connectivity index (χ4v) is 8.04. The molecule has 4 aromatic rings. The highest BCUT2D eigenvalue weighted by atomic mass is 19.1. The van der Waals surface area contributed by atoms with Gasteiger partial charge in [0.15, 0.2) is 5.82 Å². The number of piperidine rings is 1. The minimum absolute atomic E-state index is 0.00572. The van der Waals surface area contributed by atoms with E-state index in [0.717, 1.165) is 38.6 Å². The predicted octanol–water partition coefficient (Wildman–Crippen LogP) is 5.10. The largest absolute Gasteiger partial charge is 0.508 e. The molecule has 0 amide bonds. The molecule has 0 saturated carbocycles. The number of halogens is 3. The molecule has 2 aromatic heterocycles. The molecule has 2 bridgehead atoms. The molecule has 11 heteroatoms. The van der Waals surface area contributed by atoms with E-state index in [1.807, 2.05) is 0 Å². The first-order valence-corrected chi connectivity index (χ1v) is 15.6. The zero-order valence-electron chi connectivity index (χ0n) is 24.7. The van der Waals surface area contributed by atoms with E-state index in [0.29, 0.717) is 54.7 Å². The number of phenols is 1. The van der Waals surface area contributed by atoms with Crippen molar-refractivity contribution >= 4 is 27.5 Å². The predicted molar refractivity (Wildman–Crippen MR) is 165 cm³/mol. The summed E-state index contributed by atoms with van der Waals surface area (Å²) in [7, 11) is 0. The summed E-state index contributed by atoms with van der Waals surface area (Å²) >= 11 is 0. The van der Waals surface area contributed by atoms with E-state index < -0.39 is 23.3 Å². The quantitative estimate of drug-likeness (QED) is 0.301. The van der Waals surface area contributed by atoms with Crippen LogP contribution in [0.25, 0.3) is 32.9 Å². The van der Waals surface area contributed by atoms with Crippen LogP contribution in [-0.2, 0) is 0 Å². The van der Waals surface area contributed by atoms with E-state index in [2.05, 4.69) is 31.0 Å². The Labute approximate surface area is 258 Å². The summed E-state index contributed by atoms with van der Waals surface area (Å²) in [5.41, 5.74) is -0.478. The van der Waals surface area contributed by atoms with Crippen LogP contribution in [0.5, 0.6) is 11.8 Å². The number of phenolic OH excluding ortho intramolecular Hbond substituents is 1. The summed E-state index contributed by atoms with van der Waals surface area (Å²) < 4.78 is 52.5. The summed E-state index contributed by atoms with van der Waals surface area (Å²) in [5, 5.41) is 15.3. The number of piperazine rings is 1. The number of pyridine rings is 1. The lowest BCUT2D eigenvalue weighted by Crippen LogP contribution is -2.52. The lowest BCUT2D eigenvalue weighted by atomic mass is 9.87. The van der Waals surface area contributed by atoms with Crippen LogP contribution in [-0.4, -0.2) is 81.5 Å². The molecule has 8 rings (SSSR count). The van der Waals surface area contributed by atoms with Crippen molar-refractivity contribution in [3.05, 3.63) is 47.7 Å². The van der Waals surface area contributed by atoms with E-state index in [4.69, 9.17) is 16.1 Å². The van der Waals surface area contributed by atoms with E-state index >= 15 is 4.39 Å². The first kappa shape index (κ1) is 28.3. The Balaban J connectivity index is 1.27. The number of benzene rings is 2. The lowest BCUT2D eigenvalue weighted by molar-refractivity contribution is 0.0388. The van der Waals surface area contributed by atoms with Gasteiger partial charge in [-0.05, 0) is 55.8 Å². The summed E-state index contributed by atoms with van der Waals surface area (Å²) in [6.45, 7) is 2.79. The molecule has 4 aliphatic heterocycles. The molecular weight excluding hydrogens is 581 g/mol. The second-order valence-corrected chi connectivity index (χ2v) is 12.9. The van der Waals surface area contributed by atoms with Gasteiger partial charge < -0.3 is 20.1 Å². The molecule has 6 heterocycles. The minimum Gasteiger partial charge on any atom is -0.508 e. The lowest BCUT2D eigenvalue weighted by Gasteiger charge is -2.41. The molecular formula is C34H33F3N6O2. The SMILES string of the molecule is C#Cc1c(F)ccc2cc(O)cc(-c3ncc4c(N5C[C@H]6CC[C@@H](C5)N6)nc(OC[C@@]56CCCCN5C[C@H](F)C6)nc4c3F)c12. The molecule has 0 radical (unpaired) electrons. The molecule has 0 spiro atoms. The molecule has 0 unspecified atom stereocenters. The number of alkyl halides is 1. The fraction of sp³-hybridized carbons (Fsp3) is 0.441. The van der Waals surface area contributed by atoms with Crippen LogP contribution in [0.15, 0.2) is 30.5 Å². The van der Waals surface area contributed by atoms with E-state index in [1.54, 1.807) is 0 Å². The van der Waals surface area contributed by atoms with Crippen molar-refractivity contribution in [2.75, 3.05) is 37.7 Å². The highest BCUT2D eigenvalue weighted by Gasteiger charge is 2.48. The summed E-state index contributed by atoms with van der Waals surface area (Å²) in [6, 6.07) is 6.08. The van der Waals surface area contributed by atoms with Crippen molar-refractivity contribution < 1.29 is 23.0 Å². The number of terminal acetylenes is 1. The van der Waals surface area contributed by atoms with Gasteiger partial charge in [-0.15, -0.1) is 6.42 Å². The Bertz CT molecular complexity index is 1870. The third-order valence-corrected chi connectivity index (χ3v) is 10.1. The summed E-state index contributed by atoms with van der Waals surface area (Å²) in [5.74, 6) is 1.36. The number of nitrogens with zero attached hydrogens (tertiary/aromatic N) is 5. The third-order valence-electron chi connectivity index (χ3n) is 10.1. The smallest absolute Gasteiger partial charge is 0.319 e. The van der Waals surface area contributed by atoms with Gasteiger partial charge in [-0.2, -0.15) is 9.97 Å². The van der Waals surface area contributed by atoms with Crippen LogP contribution in [0, 0.1) is 24.0 Å². The van der Waals surface area contributed by atoms with Gasteiger partial charge >= 0.3 is 6.01 Å². The molecule has 4 aliphatic rings. The van der Waals surface area contributed by atoms with Gasteiger partial charge in [-0.1, -0.05) is 18.4 Å². The molecule has 0 aliphatic carbocycles. The van der Waals surface area contributed by atoms with Crippen LogP contribution in [0.4, 0.5) is 19.0 Å². The molecule has 8 nitrogen and oxygen atoms in total. The molecule has 4 saturated heterocycles. The molecule has 4 atom stereocenters. The number of aromatic hydroxyl groups is 1. The zero-order valence-corrected chi connectivity index (χ0v) is 24.7. The first-order valence-electron chi connectivity index (χ1n) is 15.6. The van der Waals surface area contributed by atoms with Crippen LogP contribution >= 0.6 is 0 Å². The second-order valence-electron chi connectivity index (χ2n) is 12.9. The van der Waals surface area contributed by atoms with Crippen molar-refractivity contribution in [1.29, 1.82) is 0 Å². The third kappa shape index (κ3) is 4.73. The van der Waals surface area contributed by atoms with Crippen LogP contribution in [0.1, 0.15) is 44.1 Å². The van der Waals surface area contributed by atoms with Gasteiger partial charge in [0.25, 0.3) is 0 Å². The number of anilines is 1. The van der Waals surface area contributed by atoms with Gasteiger partial charge in [0.2, 0.25) is 0 Å². The maximum Gasteiger partial charge on any atom is 0.319 e. The summed E-state index contributed by atoms with van der Waals surface area (Å²) in [6.07, 6.45) is 11.6. The van der Waals surface area contributed by atoms with Crippen molar-refractivity contribution in [1.82, 2.24) is 25.2 Å². The average Bonchev–Trinajstić information content (AvgIpc) is 3.56. The molecule has 2 N–H and O–H groups in total. The van der Waals surface area contributed by atoms with Crippen molar-refractivity contribution in [3.63, 3.8) is 0 Å². The van der Waals surface area contributed by atoms with E-state index in [9.17, 15) is 13.9 Å². The maximum atomic E-state index is 16.8. The average molecular weight is 615 g/mol. The molecule has 2 aromatic carbocycles. The van der Waals surface area contributed by atoms with E-state index in [1.165, 1.54) is 30.5 Å². The normalized spacial score (nSPS) is 26.4. The Morgan fingerprint density at radius 3 is 2.73 bits per heavy atom.